The van der Waals surface area contributed by atoms with Crippen molar-refractivity contribution in [2.75, 3.05) is 6.61 Å². The average molecular weight is 365 g/mol. The van der Waals surface area contributed by atoms with E-state index in [1.807, 2.05) is 24.3 Å². The zero-order valence-electron chi connectivity index (χ0n) is 11.8. The van der Waals surface area contributed by atoms with Crippen LogP contribution < -0.4 is 10.2 Å². The Morgan fingerprint density at radius 2 is 1.82 bits per heavy atom. The van der Waals surface area contributed by atoms with E-state index >= 15 is 0 Å². The molecule has 0 atom stereocenters. The summed E-state index contributed by atoms with van der Waals surface area (Å²) in [6, 6.07) is 13.0. The van der Waals surface area contributed by atoms with Crippen LogP contribution in [-0.2, 0) is 4.79 Å². The fraction of sp³-hybridized carbons (Fsp3) is 0.125. The van der Waals surface area contributed by atoms with E-state index in [0.717, 1.165) is 10.0 Å². The minimum Gasteiger partial charge on any atom is -0.484 e. The highest BCUT2D eigenvalue weighted by Crippen LogP contribution is 2.11. The smallest absolute Gasteiger partial charge is 0.277 e. The molecule has 6 heteroatoms. The summed E-state index contributed by atoms with van der Waals surface area (Å²) in [7, 11) is 0. The molecule has 4 nitrogen and oxygen atoms in total. The quantitative estimate of drug-likeness (QED) is 0.651. The SMILES string of the molecule is C/C(=N\NC(=O)COc1ccc(F)cc1)c1ccc(Br)cc1. The summed E-state index contributed by atoms with van der Waals surface area (Å²) in [6.07, 6.45) is 0. The van der Waals surface area contributed by atoms with Crippen LogP contribution in [0.1, 0.15) is 12.5 Å². The summed E-state index contributed by atoms with van der Waals surface area (Å²) in [6.45, 7) is 1.60. The number of amides is 1. The second-order valence-corrected chi connectivity index (χ2v) is 5.40. The van der Waals surface area contributed by atoms with Gasteiger partial charge in [-0.1, -0.05) is 28.1 Å². The van der Waals surface area contributed by atoms with Crippen molar-refractivity contribution in [3.63, 3.8) is 0 Å². The molecule has 0 aliphatic heterocycles. The molecule has 0 unspecified atom stereocenters. The monoisotopic (exact) mass is 364 g/mol. The predicted octanol–water partition coefficient (Wildman–Crippen LogP) is 3.51. The zero-order chi connectivity index (χ0) is 15.9. The van der Waals surface area contributed by atoms with Gasteiger partial charge >= 0.3 is 0 Å². The lowest BCUT2D eigenvalue weighted by molar-refractivity contribution is -0.123. The fourth-order valence-electron chi connectivity index (χ4n) is 1.61. The molecule has 0 fully saturated rings. The first-order valence-corrected chi connectivity index (χ1v) is 7.31. The Bertz CT molecular complexity index is 670. The second-order valence-electron chi connectivity index (χ2n) is 4.48. The van der Waals surface area contributed by atoms with Crippen LogP contribution in [0.25, 0.3) is 0 Å². The number of hydrazone groups is 1. The van der Waals surface area contributed by atoms with Crippen LogP contribution in [0.4, 0.5) is 4.39 Å². The number of rotatable bonds is 5. The van der Waals surface area contributed by atoms with Crippen LogP contribution in [0.15, 0.2) is 58.1 Å². The van der Waals surface area contributed by atoms with Gasteiger partial charge in [0.1, 0.15) is 11.6 Å². The lowest BCUT2D eigenvalue weighted by Gasteiger charge is -2.06. The third kappa shape index (κ3) is 4.96. The lowest BCUT2D eigenvalue weighted by Crippen LogP contribution is -2.25. The third-order valence-corrected chi connectivity index (χ3v) is 3.32. The Kier molecular flexibility index (Phi) is 5.66. The highest BCUT2D eigenvalue weighted by molar-refractivity contribution is 9.10. The molecule has 0 aliphatic rings. The highest BCUT2D eigenvalue weighted by atomic mass is 79.9. The number of benzene rings is 2. The second kappa shape index (κ2) is 7.70. The molecule has 2 aromatic rings. The standard InChI is InChI=1S/C16H14BrFN2O2/c1-11(12-2-4-13(17)5-3-12)19-20-16(21)10-22-15-8-6-14(18)7-9-15/h2-9H,10H2,1H3,(H,20,21)/b19-11+. The molecule has 0 saturated carbocycles. The van der Waals surface area contributed by atoms with Crippen LogP contribution in [0.5, 0.6) is 5.75 Å². The van der Waals surface area contributed by atoms with Crippen molar-refractivity contribution in [3.8, 4) is 5.75 Å². The molecular formula is C16H14BrFN2O2. The number of nitrogens with zero attached hydrogens (tertiary/aromatic N) is 1. The first-order valence-electron chi connectivity index (χ1n) is 6.52. The molecule has 114 valence electrons. The molecule has 0 bridgehead atoms. The molecule has 0 aliphatic carbocycles. The van der Waals surface area contributed by atoms with E-state index in [9.17, 15) is 9.18 Å². The number of hydrogen-bond acceptors (Lipinski definition) is 3. The first-order chi connectivity index (χ1) is 10.5. The fourth-order valence-corrected chi connectivity index (χ4v) is 1.88. The topological polar surface area (TPSA) is 50.7 Å². The van der Waals surface area contributed by atoms with Crippen LogP contribution in [0, 0.1) is 5.82 Å². The largest absolute Gasteiger partial charge is 0.484 e. The van der Waals surface area contributed by atoms with E-state index in [2.05, 4.69) is 26.5 Å². The van der Waals surface area contributed by atoms with Crippen LogP contribution in [-0.4, -0.2) is 18.2 Å². The maximum atomic E-state index is 12.7. The molecular weight excluding hydrogens is 351 g/mol. The predicted molar refractivity (Wildman–Crippen MR) is 86.4 cm³/mol. The van der Waals surface area contributed by atoms with Crippen molar-refractivity contribution in [1.29, 1.82) is 0 Å². The molecule has 0 spiro atoms. The Morgan fingerprint density at radius 1 is 1.18 bits per heavy atom. The van der Waals surface area contributed by atoms with Crippen molar-refractivity contribution >= 4 is 27.5 Å². The van der Waals surface area contributed by atoms with Crippen LogP contribution in [0.3, 0.4) is 0 Å². The molecule has 22 heavy (non-hydrogen) atoms. The summed E-state index contributed by atoms with van der Waals surface area (Å²) < 4.78 is 18.9. The van der Waals surface area contributed by atoms with Gasteiger partial charge in [0, 0.05) is 4.47 Å². The molecule has 2 aromatic carbocycles. The number of carbonyl (C=O) groups excluding carboxylic acids is 1. The van der Waals surface area contributed by atoms with Gasteiger partial charge in [0.2, 0.25) is 0 Å². The summed E-state index contributed by atoms with van der Waals surface area (Å²) >= 11 is 3.35. The molecule has 1 amide bonds. The Hall–Kier alpha value is -2.21. The van der Waals surface area contributed by atoms with Gasteiger partial charge in [-0.05, 0) is 48.9 Å². The summed E-state index contributed by atoms with van der Waals surface area (Å²) in [4.78, 5) is 11.6. The van der Waals surface area contributed by atoms with E-state index in [-0.39, 0.29) is 18.3 Å². The van der Waals surface area contributed by atoms with E-state index in [1.165, 1.54) is 24.3 Å². The minimum absolute atomic E-state index is 0.192. The number of hydrogen-bond donors (Lipinski definition) is 1. The molecule has 0 aromatic heterocycles. The number of halogens is 2. The Labute approximate surface area is 136 Å². The Balaban J connectivity index is 1.85. The van der Waals surface area contributed by atoms with E-state index < -0.39 is 0 Å². The lowest BCUT2D eigenvalue weighted by atomic mass is 10.1. The third-order valence-electron chi connectivity index (χ3n) is 2.79. The normalized spacial score (nSPS) is 11.1. The molecule has 0 saturated heterocycles. The van der Waals surface area contributed by atoms with Crippen LogP contribution in [0.2, 0.25) is 0 Å². The maximum Gasteiger partial charge on any atom is 0.277 e. The molecule has 0 heterocycles. The maximum absolute atomic E-state index is 12.7. The molecule has 0 radical (unpaired) electrons. The van der Waals surface area contributed by atoms with Crippen LogP contribution >= 0.6 is 15.9 Å². The average Bonchev–Trinajstić information content (AvgIpc) is 2.52. The molecule has 2 rings (SSSR count). The van der Waals surface area contributed by atoms with Gasteiger partial charge in [0.05, 0.1) is 5.71 Å². The summed E-state index contributed by atoms with van der Waals surface area (Å²) in [5, 5.41) is 4.01. The van der Waals surface area contributed by atoms with Gasteiger partial charge in [0.15, 0.2) is 6.61 Å². The van der Waals surface area contributed by atoms with Crippen molar-refractivity contribution in [1.82, 2.24) is 5.43 Å². The highest BCUT2D eigenvalue weighted by Gasteiger charge is 2.03. The van der Waals surface area contributed by atoms with Crippen molar-refractivity contribution in [2.24, 2.45) is 5.10 Å². The van der Waals surface area contributed by atoms with Gasteiger partial charge in [0.25, 0.3) is 5.91 Å². The van der Waals surface area contributed by atoms with E-state index in [0.29, 0.717) is 11.5 Å². The number of nitrogens with one attached hydrogen (secondary N) is 1. The van der Waals surface area contributed by atoms with Gasteiger partial charge in [-0.3, -0.25) is 4.79 Å². The first kappa shape index (κ1) is 16.2. The Morgan fingerprint density at radius 3 is 2.45 bits per heavy atom. The minimum atomic E-state index is -0.388. The molecule has 1 N–H and O–H groups in total. The van der Waals surface area contributed by atoms with Gasteiger partial charge < -0.3 is 4.74 Å². The number of ether oxygens (including phenoxy) is 1. The van der Waals surface area contributed by atoms with Crippen molar-refractivity contribution in [2.45, 2.75) is 6.92 Å². The van der Waals surface area contributed by atoms with E-state index in [4.69, 9.17) is 4.74 Å². The summed E-state index contributed by atoms with van der Waals surface area (Å²) in [5.74, 6) is -0.322. The van der Waals surface area contributed by atoms with Gasteiger partial charge in [-0.25, -0.2) is 9.82 Å². The number of carbonyl (C=O) groups is 1. The van der Waals surface area contributed by atoms with Crippen molar-refractivity contribution in [3.05, 3.63) is 64.4 Å². The summed E-state index contributed by atoms with van der Waals surface area (Å²) in [5.41, 5.74) is 4.00. The van der Waals surface area contributed by atoms with Gasteiger partial charge in [-0.2, -0.15) is 5.10 Å². The zero-order valence-corrected chi connectivity index (χ0v) is 13.4. The van der Waals surface area contributed by atoms with E-state index in [1.54, 1.807) is 6.92 Å². The van der Waals surface area contributed by atoms with Gasteiger partial charge in [-0.15, -0.1) is 0 Å². The van der Waals surface area contributed by atoms with Crippen molar-refractivity contribution < 1.29 is 13.9 Å².